The van der Waals surface area contributed by atoms with E-state index in [1.54, 1.807) is 25.2 Å². The molecule has 1 heterocycles. The lowest BCUT2D eigenvalue weighted by molar-refractivity contribution is 0.0876. The standard InChI is InChI=1S/C45H44O11/c1-21(2)6-9-27-33(48)14-12-28(41(27)52)42(53)38-31(26-11-8-24(46)18-35(26)50)16-23(5)17-32(38)39-34(49)15-13-30(43(39)54)45-29(10-7-22(3)4)44(55)40-36(51)19-25(47)20-37(40)56-45/h6-8,11-15,17-20,31-32,38,46-52,54H,9-10,16H2,1-5H3. The minimum absolute atomic E-state index is 0.0277. The second kappa shape index (κ2) is 15.3. The third kappa shape index (κ3) is 7.27. The number of phenols is 8. The van der Waals surface area contributed by atoms with E-state index in [1.165, 1.54) is 36.4 Å². The summed E-state index contributed by atoms with van der Waals surface area (Å²) in [6, 6.07) is 11.5. The van der Waals surface area contributed by atoms with Crippen LogP contribution in [0.1, 0.15) is 85.5 Å². The summed E-state index contributed by atoms with van der Waals surface area (Å²) in [5.41, 5.74) is 1.96. The van der Waals surface area contributed by atoms with E-state index < -0.39 is 52.0 Å². The van der Waals surface area contributed by atoms with Crippen molar-refractivity contribution in [1.82, 2.24) is 0 Å². The fourth-order valence-electron chi connectivity index (χ4n) is 7.61. The number of rotatable bonds is 9. The smallest absolute Gasteiger partial charge is 0.200 e. The zero-order valence-corrected chi connectivity index (χ0v) is 31.6. The molecule has 3 unspecified atom stereocenters. The van der Waals surface area contributed by atoms with Gasteiger partial charge in [-0.25, -0.2) is 0 Å². The van der Waals surface area contributed by atoms with Crippen LogP contribution in [0.25, 0.3) is 22.3 Å². The van der Waals surface area contributed by atoms with E-state index in [0.717, 1.165) is 34.9 Å². The highest BCUT2D eigenvalue weighted by Gasteiger charge is 2.44. The Bertz CT molecular complexity index is 2550. The van der Waals surface area contributed by atoms with Crippen LogP contribution in [0.4, 0.5) is 0 Å². The van der Waals surface area contributed by atoms with Crippen molar-refractivity contribution in [2.24, 2.45) is 5.92 Å². The van der Waals surface area contributed by atoms with Crippen LogP contribution in [-0.2, 0) is 12.8 Å². The maximum atomic E-state index is 15.0. The fraction of sp³-hybridized carbons (Fsp3) is 0.244. The molecule has 290 valence electrons. The molecule has 0 aliphatic heterocycles. The molecule has 11 nitrogen and oxygen atoms in total. The van der Waals surface area contributed by atoms with Gasteiger partial charge in [-0.15, -0.1) is 0 Å². The average molecular weight is 761 g/mol. The fourth-order valence-corrected chi connectivity index (χ4v) is 7.61. The molecule has 56 heavy (non-hydrogen) atoms. The molecule has 0 amide bonds. The van der Waals surface area contributed by atoms with E-state index in [-0.39, 0.29) is 86.8 Å². The molecular weight excluding hydrogens is 716 g/mol. The minimum atomic E-state index is -1.21. The van der Waals surface area contributed by atoms with Gasteiger partial charge in [0.05, 0.1) is 11.1 Å². The third-order valence-corrected chi connectivity index (χ3v) is 10.3. The highest BCUT2D eigenvalue weighted by atomic mass is 16.3. The van der Waals surface area contributed by atoms with Crippen molar-refractivity contribution in [3.8, 4) is 57.3 Å². The molecule has 8 N–H and O–H groups in total. The first kappa shape index (κ1) is 39.1. The van der Waals surface area contributed by atoms with Crippen LogP contribution >= 0.6 is 0 Å². The number of carbonyl (C=O) groups is 1. The normalized spacial score (nSPS) is 16.7. The van der Waals surface area contributed by atoms with Crippen molar-refractivity contribution in [1.29, 1.82) is 0 Å². The molecule has 0 radical (unpaired) electrons. The SMILES string of the molecule is CC(C)=CCc1c(O)ccc(C(=O)C2C(c3c(O)ccc(-c4oc5cc(O)cc(O)c5c(=O)c4CC=C(C)C)c3O)C=C(C)CC2c2ccc(O)cc2O)c1O. The van der Waals surface area contributed by atoms with E-state index in [0.29, 0.717) is 5.56 Å². The Morgan fingerprint density at radius 1 is 0.732 bits per heavy atom. The highest BCUT2D eigenvalue weighted by molar-refractivity contribution is 6.02. The summed E-state index contributed by atoms with van der Waals surface area (Å²) < 4.78 is 6.19. The van der Waals surface area contributed by atoms with E-state index in [9.17, 15) is 45.6 Å². The van der Waals surface area contributed by atoms with E-state index in [4.69, 9.17) is 4.42 Å². The monoisotopic (exact) mass is 760 g/mol. The van der Waals surface area contributed by atoms with E-state index >= 15 is 4.79 Å². The predicted molar refractivity (Wildman–Crippen MR) is 212 cm³/mol. The molecule has 1 aliphatic carbocycles. The van der Waals surface area contributed by atoms with Crippen molar-refractivity contribution < 1.29 is 50.1 Å². The average Bonchev–Trinajstić information content (AvgIpc) is 3.10. The van der Waals surface area contributed by atoms with Gasteiger partial charge in [-0.1, -0.05) is 41.0 Å². The van der Waals surface area contributed by atoms with Crippen LogP contribution in [0.3, 0.4) is 0 Å². The Labute approximate surface area is 322 Å². The number of ketones is 1. The van der Waals surface area contributed by atoms with Crippen molar-refractivity contribution in [3.63, 3.8) is 0 Å². The largest absolute Gasteiger partial charge is 0.508 e. The molecule has 0 saturated heterocycles. The van der Waals surface area contributed by atoms with Gasteiger partial charge in [-0.3, -0.25) is 9.59 Å². The van der Waals surface area contributed by atoms with Gasteiger partial charge < -0.3 is 45.3 Å². The van der Waals surface area contributed by atoms with Crippen molar-refractivity contribution >= 4 is 16.8 Å². The molecule has 0 bridgehead atoms. The number of aromatic hydroxyl groups is 8. The van der Waals surface area contributed by atoms with Crippen molar-refractivity contribution in [2.45, 2.75) is 65.7 Å². The second-order valence-corrected chi connectivity index (χ2v) is 14.9. The van der Waals surface area contributed by atoms with Crippen LogP contribution in [0, 0.1) is 5.92 Å². The number of carbonyl (C=O) groups excluding carboxylic acids is 1. The summed E-state index contributed by atoms with van der Waals surface area (Å²) in [7, 11) is 0. The molecule has 3 atom stereocenters. The molecule has 4 aromatic carbocycles. The molecule has 1 aliphatic rings. The number of hydrogen-bond donors (Lipinski definition) is 8. The highest BCUT2D eigenvalue weighted by Crippen LogP contribution is 2.54. The van der Waals surface area contributed by atoms with Gasteiger partial charge in [-0.05, 0) is 89.8 Å². The predicted octanol–water partition coefficient (Wildman–Crippen LogP) is 8.84. The van der Waals surface area contributed by atoms with Gasteiger partial charge >= 0.3 is 0 Å². The second-order valence-electron chi connectivity index (χ2n) is 14.9. The number of benzene rings is 4. The molecular formula is C45H44O11. The summed E-state index contributed by atoms with van der Waals surface area (Å²) in [6.07, 6.45) is 5.67. The maximum Gasteiger partial charge on any atom is 0.200 e. The number of Topliss-reactive ketones (excluding diaryl/α,β-unsaturated/α-hetero) is 1. The van der Waals surface area contributed by atoms with Crippen molar-refractivity contribution in [3.05, 3.63) is 128 Å². The number of allylic oxidation sites excluding steroid dienone is 6. The quantitative estimate of drug-likeness (QED) is 0.0526. The molecule has 0 spiro atoms. The molecule has 6 rings (SSSR count). The van der Waals surface area contributed by atoms with Crippen LogP contribution in [0.2, 0.25) is 0 Å². The Kier molecular flexibility index (Phi) is 10.6. The topological polar surface area (TPSA) is 209 Å². The Morgan fingerprint density at radius 2 is 1.38 bits per heavy atom. The molecule has 1 aromatic heterocycles. The van der Waals surface area contributed by atoms with Crippen LogP contribution in [-0.4, -0.2) is 46.6 Å². The Hall–Kier alpha value is -6.62. The summed E-state index contributed by atoms with van der Waals surface area (Å²) >= 11 is 0. The lowest BCUT2D eigenvalue weighted by atomic mass is 9.65. The molecule has 0 saturated carbocycles. The van der Waals surface area contributed by atoms with Gasteiger partial charge in [-0.2, -0.15) is 0 Å². The summed E-state index contributed by atoms with van der Waals surface area (Å²) in [4.78, 5) is 29.0. The first-order valence-corrected chi connectivity index (χ1v) is 18.1. The zero-order chi connectivity index (χ0) is 40.7. The summed E-state index contributed by atoms with van der Waals surface area (Å²) in [5, 5.41) is 88.1. The van der Waals surface area contributed by atoms with Gasteiger partial charge in [0.2, 0.25) is 5.43 Å². The number of fused-ring (bicyclic) bond motifs is 1. The van der Waals surface area contributed by atoms with Crippen LogP contribution in [0.5, 0.6) is 46.0 Å². The minimum Gasteiger partial charge on any atom is -0.508 e. The summed E-state index contributed by atoms with van der Waals surface area (Å²) in [6.45, 7) is 9.18. The van der Waals surface area contributed by atoms with E-state index in [1.807, 2.05) is 27.7 Å². The lowest BCUT2D eigenvalue weighted by Gasteiger charge is -2.37. The summed E-state index contributed by atoms with van der Waals surface area (Å²) in [5.74, 6) is -6.85. The first-order chi connectivity index (χ1) is 26.5. The number of hydrogen-bond acceptors (Lipinski definition) is 11. The van der Waals surface area contributed by atoms with Gasteiger partial charge in [0.25, 0.3) is 0 Å². The Morgan fingerprint density at radius 3 is 2.04 bits per heavy atom. The zero-order valence-electron chi connectivity index (χ0n) is 31.6. The molecule has 0 fully saturated rings. The van der Waals surface area contributed by atoms with Crippen LogP contribution in [0.15, 0.2) is 98.8 Å². The molecule has 5 aromatic rings. The van der Waals surface area contributed by atoms with E-state index in [2.05, 4.69) is 0 Å². The Balaban J connectivity index is 1.62. The third-order valence-electron chi connectivity index (χ3n) is 10.3. The lowest BCUT2D eigenvalue weighted by Crippen LogP contribution is -2.31. The van der Waals surface area contributed by atoms with Crippen molar-refractivity contribution in [2.75, 3.05) is 0 Å². The molecule has 11 heteroatoms. The van der Waals surface area contributed by atoms with Gasteiger partial charge in [0.15, 0.2) is 5.78 Å². The first-order valence-electron chi connectivity index (χ1n) is 18.1. The van der Waals surface area contributed by atoms with Gasteiger partial charge in [0, 0.05) is 52.6 Å². The van der Waals surface area contributed by atoms with Crippen LogP contribution < -0.4 is 5.43 Å². The van der Waals surface area contributed by atoms with Gasteiger partial charge in [0.1, 0.15) is 62.7 Å². The number of phenolic OH excluding ortho intramolecular Hbond substituents is 8. The maximum absolute atomic E-state index is 15.0.